The molecule has 1 saturated heterocycles. The summed E-state index contributed by atoms with van der Waals surface area (Å²) < 4.78 is 7.19. The normalized spacial score (nSPS) is 16.1. The first-order valence-corrected chi connectivity index (χ1v) is 13.2. The Morgan fingerprint density at radius 3 is 2.66 bits per heavy atom. The standard InChI is InChI=1S/C30H31NO3S/c1-3-22-6-4-5-7-25(22)28(33)30-29(26-13-10-23(32)18-27(26)35-30)34-24-11-8-21(9-12-24)15-17-31-16-14-20(2)19-31/h4-13,18,20,32H,3,14-17,19H2,1-2H3. The molecule has 1 aliphatic heterocycles. The molecule has 3 aromatic carbocycles. The molecule has 0 saturated carbocycles. The largest absolute Gasteiger partial charge is 0.508 e. The first-order chi connectivity index (χ1) is 17.0. The number of aryl methyl sites for hydroxylation is 1. The Labute approximate surface area is 210 Å². The first-order valence-electron chi connectivity index (χ1n) is 12.4. The monoisotopic (exact) mass is 485 g/mol. The molecule has 4 aromatic rings. The van der Waals surface area contributed by atoms with Gasteiger partial charge in [-0.3, -0.25) is 4.79 Å². The van der Waals surface area contributed by atoms with Crippen LogP contribution in [0.5, 0.6) is 17.2 Å². The summed E-state index contributed by atoms with van der Waals surface area (Å²) in [7, 11) is 0. The second-order valence-electron chi connectivity index (χ2n) is 9.47. The predicted molar refractivity (Wildman–Crippen MR) is 143 cm³/mol. The molecular formula is C30H31NO3S. The Balaban J connectivity index is 1.42. The second-order valence-corrected chi connectivity index (χ2v) is 10.5. The van der Waals surface area contributed by atoms with Crippen LogP contribution in [0.2, 0.25) is 0 Å². The highest BCUT2D eigenvalue weighted by Crippen LogP contribution is 2.43. The number of ether oxygens (including phenoxy) is 1. The van der Waals surface area contributed by atoms with E-state index in [0.717, 1.165) is 41.0 Å². The van der Waals surface area contributed by atoms with Gasteiger partial charge in [0.05, 0.1) is 0 Å². The van der Waals surface area contributed by atoms with Gasteiger partial charge in [-0.25, -0.2) is 0 Å². The van der Waals surface area contributed by atoms with Crippen molar-refractivity contribution in [1.29, 1.82) is 0 Å². The van der Waals surface area contributed by atoms with Crippen LogP contribution >= 0.6 is 11.3 Å². The van der Waals surface area contributed by atoms with Gasteiger partial charge in [0.2, 0.25) is 5.78 Å². The lowest BCUT2D eigenvalue weighted by Crippen LogP contribution is -2.22. The molecule has 35 heavy (non-hydrogen) atoms. The maximum atomic E-state index is 13.6. The Morgan fingerprint density at radius 2 is 1.91 bits per heavy atom. The zero-order valence-electron chi connectivity index (χ0n) is 20.3. The summed E-state index contributed by atoms with van der Waals surface area (Å²) in [6, 6.07) is 21.1. The van der Waals surface area contributed by atoms with Gasteiger partial charge >= 0.3 is 0 Å². The zero-order valence-corrected chi connectivity index (χ0v) is 21.1. The van der Waals surface area contributed by atoms with Crippen LogP contribution in [0.4, 0.5) is 0 Å². The predicted octanol–water partition coefficient (Wildman–Crippen LogP) is 7.08. The van der Waals surface area contributed by atoms with Gasteiger partial charge in [-0.15, -0.1) is 11.3 Å². The van der Waals surface area contributed by atoms with Gasteiger partial charge in [0, 0.05) is 28.7 Å². The van der Waals surface area contributed by atoms with Crippen LogP contribution in [0.1, 0.15) is 46.6 Å². The van der Waals surface area contributed by atoms with E-state index in [9.17, 15) is 9.90 Å². The maximum Gasteiger partial charge on any atom is 0.207 e. The molecule has 0 aliphatic carbocycles. The third kappa shape index (κ3) is 5.12. The number of fused-ring (bicyclic) bond motifs is 1. The highest BCUT2D eigenvalue weighted by atomic mass is 32.1. The van der Waals surface area contributed by atoms with Crippen LogP contribution in [-0.4, -0.2) is 35.4 Å². The van der Waals surface area contributed by atoms with Gasteiger partial charge in [0.25, 0.3) is 0 Å². The Bertz CT molecular complexity index is 1340. The number of hydrogen-bond acceptors (Lipinski definition) is 5. The van der Waals surface area contributed by atoms with Crippen LogP contribution in [-0.2, 0) is 12.8 Å². The van der Waals surface area contributed by atoms with Gasteiger partial charge in [-0.1, -0.05) is 50.2 Å². The summed E-state index contributed by atoms with van der Waals surface area (Å²) >= 11 is 1.36. The molecule has 1 N–H and O–H groups in total. The fourth-order valence-electron chi connectivity index (χ4n) is 4.84. The van der Waals surface area contributed by atoms with Crippen molar-refractivity contribution in [1.82, 2.24) is 4.90 Å². The van der Waals surface area contributed by atoms with Crippen molar-refractivity contribution in [2.75, 3.05) is 19.6 Å². The van der Waals surface area contributed by atoms with E-state index in [1.54, 1.807) is 12.1 Å². The lowest BCUT2D eigenvalue weighted by atomic mass is 10.0. The molecule has 0 bridgehead atoms. The number of phenolic OH excluding ortho intramolecular Hbond substituents is 1. The number of carbonyl (C=O) groups is 1. The lowest BCUT2D eigenvalue weighted by Gasteiger charge is -2.15. The summed E-state index contributed by atoms with van der Waals surface area (Å²) in [4.78, 5) is 16.7. The van der Waals surface area contributed by atoms with E-state index in [0.29, 0.717) is 21.9 Å². The molecule has 1 atom stereocenters. The number of aromatic hydroxyl groups is 1. The van der Waals surface area contributed by atoms with E-state index in [1.807, 2.05) is 42.5 Å². The number of ketones is 1. The number of carbonyl (C=O) groups excluding carboxylic acids is 1. The molecule has 0 amide bonds. The maximum absolute atomic E-state index is 13.6. The molecule has 0 radical (unpaired) electrons. The number of nitrogens with zero attached hydrogens (tertiary/aromatic N) is 1. The van der Waals surface area contributed by atoms with Gasteiger partial charge in [0.1, 0.15) is 16.4 Å². The fraction of sp³-hybridized carbons (Fsp3) is 0.300. The minimum absolute atomic E-state index is 0.0467. The number of benzene rings is 3. The topological polar surface area (TPSA) is 49.8 Å². The number of thiophene rings is 1. The smallest absolute Gasteiger partial charge is 0.207 e. The Morgan fingerprint density at radius 1 is 1.11 bits per heavy atom. The zero-order chi connectivity index (χ0) is 24.4. The van der Waals surface area contributed by atoms with Crippen molar-refractivity contribution in [3.8, 4) is 17.2 Å². The minimum atomic E-state index is -0.0467. The molecule has 4 nitrogen and oxygen atoms in total. The van der Waals surface area contributed by atoms with Crippen molar-refractivity contribution in [3.05, 3.63) is 88.3 Å². The van der Waals surface area contributed by atoms with E-state index in [1.165, 1.54) is 36.4 Å². The minimum Gasteiger partial charge on any atom is -0.508 e. The summed E-state index contributed by atoms with van der Waals surface area (Å²) in [5, 5.41) is 10.8. The van der Waals surface area contributed by atoms with Crippen LogP contribution in [0.3, 0.4) is 0 Å². The molecule has 2 heterocycles. The molecule has 1 aliphatic rings. The molecule has 180 valence electrons. The quantitative estimate of drug-likeness (QED) is 0.271. The van der Waals surface area contributed by atoms with Crippen molar-refractivity contribution < 1.29 is 14.6 Å². The van der Waals surface area contributed by atoms with Crippen LogP contribution in [0, 0.1) is 5.92 Å². The number of likely N-dealkylation sites (tertiary alicyclic amines) is 1. The third-order valence-corrected chi connectivity index (χ3v) is 7.98. The summed E-state index contributed by atoms with van der Waals surface area (Å²) in [6.07, 6.45) is 3.09. The summed E-state index contributed by atoms with van der Waals surface area (Å²) in [5.41, 5.74) is 2.99. The third-order valence-electron chi connectivity index (χ3n) is 6.85. The molecule has 1 aromatic heterocycles. The number of hydrogen-bond donors (Lipinski definition) is 1. The van der Waals surface area contributed by atoms with E-state index < -0.39 is 0 Å². The van der Waals surface area contributed by atoms with Gasteiger partial charge in [-0.05, 0) is 73.2 Å². The summed E-state index contributed by atoms with van der Waals surface area (Å²) in [6.45, 7) is 7.85. The van der Waals surface area contributed by atoms with Crippen molar-refractivity contribution in [3.63, 3.8) is 0 Å². The Hall–Kier alpha value is -3.15. The van der Waals surface area contributed by atoms with Crippen molar-refractivity contribution in [2.45, 2.75) is 33.1 Å². The highest BCUT2D eigenvalue weighted by Gasteiger charge is 2.24. The van der Waals surface area contributed by atoms with Crippen LogP contribution in [0.15, 0.2) is 66.7 Å². The summed E-state index contributed by atoms with van der Waals surface area (Å²) in [5.74, 6) is 2.19. The van der Waals surface area contributed by atoms with Gasteiger partial charge < -0.3 is 14.7 Å². The molecule has 5 heteroatoms. The van der Waals surface area contributed by atoms with Crippen molar-refractivity contribution in [2.24, 2.45) is 5.92 Å². The SMILES string of the molecule is CCc1ccccc1C(=O)c1sc2cc(O)ccc2c1Oc1ccc(CCN2CCC(C)C2)cc1. The van der Waals surface area contributed by atoms with Gasteiger partial charge in [-0.2, -0.15) is 0 Å². The van der Waals surface area contributed by atoms with Crippen molar-refractivity contribution >= 4 is 27.2 Å². The van der Waals surface area contributed by atoms with Gasteiger partial charge in [0.15, 0.2) is 5.75 Å². The highest BCUT2D eigenvalue weighted by molar-refractivity contribution is 7.21. The molecule has 1 unspecified atom stereocenters. The first kappa shape index (κ1) is 23.6. The van der Waals surface area contributed by atoms with Crippen LogP contribution in [0.25, 0.3) is 10.1 Å². The fourth-order valence-corrected chi connectivity index (χ4v) is 5.96. The number of rotatable bonds is 8. The van der Waals surface area contributed by atoms with E-state index in [2.05, 4.69) is 30.9 Å². The number of phenols is 1. The molecular weight excluding hydrogens is 454 g/mol. The Kier molecular flexibility index (Phi) is 6.89. The molecule has 0 spiro atoms. The van der Waals surface area contributed by atoms with E-state index in [4.69, 9.17) is 4.74 Å². The van der Waals surface area contributed by atoms with Crippen LogP contribution < -0.4 is 4.74 Å². The van der Waals surface area contributed by atoms with E-state index in [-0.39, 0.29) is 11.5 Å². The second kappa shape index (κ2) is 10.2. The lowest BCUT2D eigenvalue weighted by molar-refractivity contribution is 0.104. The average Bonchev–Trinajstić information content (AvgIpc) is 3.45. The average molecular weight is 486 g/mol. The molecule has 5 rings (SSSR count). The molecule has 1 fully saturated rings. The van der Waals surface area contributed by atoms with E-state index >= 15 is 0 Å².